The molecule has 108 valence electrons. The normalized spacial score (nSPS) is 10.2. The Morgan fingerprint density at radius 1 is 1.29 bits per heavy atom. The molecule has 21 heavy (non-hydrogen) atoms. The van der Waals surface area contributed by atoms with Gasteiger partial charge in [-0.3, -0.25) is 10.1 Å². The lowest BCUT2D eigenvalue weighted by Crippen LogP contribution is -2.01. The van der Waals surface area contributed by atoms with Gasteiger partial charge in [0.05, 0.1) is 15.5 Å². The second kappa shape index (κ2) is 5.88. The predicted octanol–water partition coefficient (Wildman–Crippen LogP) is 3.99. The summed E-state index contributed by atoms with van der Waals surface area (Å²) >= 11 is 2.90. The Morgan fingerprint density at radius 3 is 2.57 bits per heavy atom. The maximum Gasteiger partial charge on any atom is 0.339 e. The van der Waals surface area contributed by atoms with Crippen LogP contribution in [0, 0.1) is 15.9 Å². The van der Waals surface area contributed by atoms with Crippen molar-refractivity contribution in [1.29, 1.82) is 0 Å². The molecule has 0 radical (unpaired) electrons. The first-order valence-electron chi connectivity index (χ1n) is 5.53. The van der Waals surface area contributed by atoms with Crippen LogP contribution in [0.25, 0.3) is 0 Å². The van der Waals surface area contributed by atoms with Crippen LogP contribution in [-0.2, 0) is 0 Å². The van der Waals surface area contributed by atoms with E-state index in [9.17, 15) is 19.3 Å². The fraction of sp³-hybridized carbons (Fsp3) is 0. The topological polar surface area (TPSA) is 89.7 Å². The van der Waals surface area contributed by atoms with E-state index in [0.717, 1.165) is 6.07 Å². The highest BCUT2D eigenvalue weighted by Gasteiger charge is 2.21. The summed E-state index contributed by atoms with van der Waals surface area (Å²) in [7, 11) is 0. The fourth-order valence-corrected chi connectivity index (χ4v) is 1.92. The second-order valence-corrected chi connectivity index (χ2v) is 4.75. The highest BCUT2D eigenvalue weighted by molar-refractivity contribution is 9.10. The molecule has 8 heteroatoms. The van der Waals surface area contributed by atoms with Gasteiger partial charge in [-0.05, 0) is 28.1 Å². The van der Waals surface area contributed by atoms with E-state index >= 15 is 0 Å². The minimum atomic E-state index is -1.24. The zero-order chi connectivity index (χ0) is 15.6. The smallest absolute Gasteiger partial charge is 0.339 e. The molecule has 2 rings (SSSR count). The lowest BCUT2D eigenvalue weighted by Gasteiger charge is -2.09. The number of carboxylic acid groups (broad SMARTS) is 1. The van der Waals surface area contributed by atoms with Crippen LogP contribution in [0.4, 0.5) is 10.1 Å². The van der Waals surface area contributed by atoms with Crippen LogP contribution in [-0.4, -0.2) is 16.0 Å². The Bertz CT molecular complexity index is 734. The number of ether oxygens (including phenoxy) is 1. The van der Waals surface area contributed by atoms with Gasteiger partial charge in [0.25, 0.3) is 0 Å². The molecule has 0 spiro atoms. The minimum Gasteiger partial charge on any atom is -0.478 e. The summed E-state index contributed by atoms with van der Waals surface area (Å²) in [6.45, 7) is 0. The monoisotopic (exact) mass is 355 g/mol. The van der Waals surface area contributed by atoms with Gasteiger partial charge in [0.1, 0.15) is 17.1 Å². The highest BCUT2D eigenvalue weighted by atomic mass is 79.9. The van der Waals surface area contributed by atoms with Gasteiger partial charge in [0.15, 0.2) is 0 Å². The van der Waals surface area contributed by atoms with Crippen molar-refractivity contribution in [3.63, 3.8) is 0 Å². The van der Waals surface area contributed by atoms with Gasteiger partial charge in [-0.25, -0.2) is 9.18 Å². The van der Waals surface area contributed by atoms with Gasteiger partial charge in [-0.1, -0.05) is 12.1 Å². The van der Waals surface area contributed by atoms with E-state index < -0.39 is 22.4 Å². The van der Waals surface area contributed by atoms with Crippen LogP contribution in [0.15, 0.2) is 40.9 Å². The Hall–Kier alpha value is -2.48. The first-order chi connectivity index (χ1) is 9.90. The first-order valence-corrected chi connectivity index (χ1v) is 6.33. The quantitative estimate of drug-likeness (QED) is 0.661. The number of benzene rings is 2. The molecular formula is C13H7BrFNO5. The van der Waals surface area contributed by atoms with Crippen LogP contribution in [0.3, 0.4) is 0 Å². The second-order valence-electron chi connectivity index (χ2n) is 3.89. The van der Waals surface area contributed by atoms with Crippen molar-refractivity contribution in [3.05, 3.63) is 62.4 Å². The molecular weight excluding hydrogens is 349 g/mol. The SMILES string of the molecule is O=C(O)c1ccccc1Oc1cc(Br)c(F)cc1[N+](=O)[O-]. The summed E-state index contributed by atoms with van der Waals surface area (Å²) in [4.78, 5) is 21.2. The minimum absolute atomic E-state index is 0.0316. The highest BCUT2D eigenvalue weighted by Crippen LogP contribution is 2.36. The van der Waals surface area contributed by atoms with Crippen LogP contribution in [0.1, 0.15) is 10.4 Å². The van der Waals surface area contributed by atoms with E-state index in [1.54, 1.807) is 0 Å². The van der Waals surface area contributed by atoms with Gasteiger partial charge in [-0.15, -0.1) is 0 Å². The third kappa shape index (κ3) is 3.16. The molecule has 0 heterocycles. The van der Waals surface area contributed by atoms with Gasteiger partial charge in [0.2, 0.25) is 5.75 Å². The van der Waals surface area contributed by atoms with E-state index in [-0.39, 0.29) is 21.5 Å². The molecule has 0 aliphatic carbocycles. The molecule has 1 N–H and O–H groups in total. The maximum absolute atomic E-state index is 13.4. The van der Waals surface area contributed by atoms with Crippen LogP contribution < -0.4 is 4.74 Å². The number of hydrogen-bond donors (Lipinski definition) is 1. The molecule has 0 bridgehead atoms. The Balaban J connectivity index is 2.52. The van der Waals surface area contributed by atoms with Crippen molar-refractivity contribution < 1.29 is 24.0 Å². The number of rotatable bonds is 4. The number of carboxylic acids is 1. The lowest BCUT2D eigenvalue weighted by atomic mass is 10.2. The number of para-hydroxylation sites is 1. The number of nitro benzene ring substituents is 1. The largest absolute Gasteiger partial charge is 0.478 e. The zero-order valence-electron chi connectivity index (χ0n) is 10.2. The van der Waals surface area contributed by atoms with Crippen molar-refractivity contribution in [2.24, 2.45) is 0 Å². The third-order valence-corrected chi connectivity index (χ3v) is 3.14. The molecule has 0 saturated carbocycles. The summed E-state index contributed by atoms with van der Waals surface area (Å²) in [5, 5.41) is 20.0. The van der Waals surface area contributed by atoms with Gasteiger partial charge < -0.3 is 9.84 Å². The number of carbonyl (C=O) groups is 1. The number of aromatic carboxylic acids is 1. The zero-order valence-corrected chi connectivity index (χ0v) is 11.8. The summed E-state index contributed by atoms with van der Waals surface area (Å²) in [5.74, 6) is -2.40. The van der Waals surface area contributed by atoms with Crippen molar-refractivity contribution in [1.82, 2.24) is 0 Å². The third-order valence-electron chi connectivity index (χ3n) is 2.54. The van der Waals surface area contributed by atoms with Crippen molar-refractivity contribution in [3.8, 4) is 11.5 Å². The maximum atomic E-state index is 13.4. The van der Waals surface area contributed by atoms with Crippen LogP contribution >= 0.6 is 15.9 Å². The first kappa shape index (κ1) is 14.9. The van der Waals surface area contributed by atoms with Crippen LogP contribution in [0.5, 0.6) is 11.5 Å². The average Bonchev–Trinajstić information content (AvgIpc) is 2.42. The summed E-state index contributed by atoms with van der Waals surface area (Å²) in [6.07, 6.45) is 0. The molecule has 0 saturated heterocycles. The molecule has 0 fully saturated rings. The Labute approximate surface area is 126 Å². The fourth-order valence-electron chi connectivity index (χ4n) is 1.59. The van der Waals surface area contributed by atoms with Gasteiger partial charge in [0, 0.05) is 6.07 Å². The molecule has 0 amide bonds. The standard InChI is InChI=1S/C13H7BrFNO5/c14-8-5-12(10(16(19)20)6-9(8)15)21-11-4-2-1-3-7(11)13(17)18/h1-6H,(H,17,18). The van der Waals surface area contributed by atoms with Crippen molar-refractivity contribution >= 4 is 27.6 Å². The van der Waals surface area contributed by atoms with Crippen molar-refractivity contribution in [2.75, 3.05) is 0 Å². The van der Waals surface area contributed by atoms with E-state index in [2.05, 4.69) is 15.9 Å². The van der Waals surface area contributed by atoms with E-state index in [4.69, 9.17) is 9.84 Å². The van der Waals surface area contributed by atoms with E-state index in [1.165, 1.54) is 24.3 Å². The van der Waals surface area contributed by atoms with E-state index in [1.807, 2.05) is 0 Å². The summed E-state index contributed by atoms with van der Waals surface area (Å²) in [6, 6.07) is 7.43. The number of nitro groups is 1. The molecule has 0 unspecified atom stereocenters. The lowest BCUT2D eigenvalue weighted by molar-refractivity contribution is -0.385. The molecule has 6 nitrogen and oxygen atoms in total. The Morgan fingerprint density at radius 2 is 1.95 bits per heavy atom. The number of hydrogen-bond acceptors (Lipinski definition) is 4. The molecule has 0 aliphatic rings. The average molecular weight is 356 g/mol. The summed E-state index contributed by atoms with van der Waals surface area (Å²) < 4.78 is 18.6. The molecule has 0 aromatic heterocycles. The van der Waals surface area contributed by atoms with Gasteiger partial charge in [-0.2, -0.15) is 0 Å². The Kier molecular flexibility index (Phi) is 4.18. The van der Waals surface area contributed by atoms with Gasteiger partial charge >= 0.3 is 11.7 Å². The van der Waals surface area contributed by atoms with Crippen molar-refractivity contribution in [2.45, 2.75) is 0 Å². The number of nitrogens with zero attached hydrogens (tertiary/aromatic N) is 1. The number of halogens is 2. The molecule has 2 aromatic carbocycles. The molecule has 2 aromatic rings. The van der Waals surface area contributed by atoms with Crippen LogP contribution in [0.2, 0.25) is 0 Å². The molecule has 0 atom stereocenters. The van der Waals surface area contributed by atoms with E-state index in [0.29, 0.717) is 6.07 Å². The molecule has 0 aliphatic heterocycles. The summed E-state index contributed by atoms with van der Waals surface area (Å²) in [5.41, 5.74) is -0.761. The predicted molar refractivity (Wildman–Crippen MR) is 74.2 cm³/mol.